The van der Waals surface area contributed by atoms with E-state index in [-0.39, 0.29) is 18.5 Å². The van der Waals surface area contributed by atoms with Gasteiger partial charge in [0.2, 0.25) is 0 Å². The van der Waals surface area contributed by atoms with Crippen LogP contribution in [0.3, 0.4) is 0 Å². The Labute approximate surface area is 197 Å². The van der Waals surface area contributed by atoms with Gasteiger partial charge < -0.3 is 14.5 Å². The van der Waals surface area contributed by atoms with Gasteiger partial charge in [-0.3, -0.25) is 4.79 Å². The summed E-state index contributed by atoms with van der Waals surface area (Å²) in [7, 11) is 0. The number of fused-ring (bicyclic) bond motifs is 1. The Morgan fingerprint density at radius 1 is 1.12 bits per heavy atom. The topological polar surface area (TPSA) is 51.3 Å². The first-order chi connectivity index (χ1) is 16.3. The lowest BCUT2D eigenvalue weighted by atomic mass is 9.91. The van der Waals surface area contributed by atoms with Crippen LogP contribution in [0.25, 0.3) is 10.9 Å². The largest absolute Gasteiger partial charge is 0.489 e. The predicted molar refractivity (Wildman–Crippen MR) is 125 cm³/mol. The van der Waals surface area contributed by atoms with Gasteiger partial charge in [-0.05, 0) is 80.0 Å². The fourth-order valence-corrected chi connectivity index (χ4v) is 4.86. The van der Waals surface area contributed by atoms with Gasteiger partial charge in [0.05, 0.1) is 18.6 Å². The molecule has 0 unspecified atom stereocenters. The first-order valence-electron chi connectivity index (χ1n) is 11.9. The lowest BCUT2D eigenvalue weighted by molar-refractivity contribution is -0.143. The molecule has 0 saturated heterocycles. The van der Waals surface area contributed by atoms with E-state index in [1.807, 2.05) is 19.1 Å². The summed E-state index contributed by atoms with van der Waals surface area (Å²) in [4.78, 5) is 15.0. The van der Waals surface area contributed by atoms with Crippen molar-refractivity contribution >= 4 is 16.9 Å². The second kappa shape index (κ2) is 10.1. The summed E-state index contributed by atoms with van der Waals surface area (Å²) in [5.74, 6) is 0.338. The quantitative estimate of drug-likeness (QED) is 0.351. The Bertz CT molecular complexity index is 1160. The molecular formula is C27H30F3NO3. The number of benzene rings is 2. The zero-order chi connectivity index (χ0) is 24.3. The molecule has 4 nitrogen and oxygen atoms in total. The lowest BCUT2D eigenvalue weighted by Crippen LogP contribution is -2.12. The van der Waals surface area contributed by atoms with Gasteiger partial charge in [-0.1, -0.05) is 25.0 Å². The zero-order valence-corrected chi connectivity index (χ0v) is 19.6. The molecular weight excluding hydrogens is 443 g/mol. The highest BCUT2D eigenvalue weighted by molar-refractivity contribution is 5.86. The van der Waals surface area contributed by atoms with Gasteiger partial charge in [-0.25, -0.2) is 0 Å². The summed E-state index contributed by atoms with van der Waals surface area (Å²) in [6.45, 7) is 4.17. The van der Waals surface area contributed by atoms with E-state index in [1.54, 1.807) is 25.1 Å². The van der Waals surface area contributed by atoms with E-state index < -0.39 is 11.7 Å². The molecule has 1 saturated carbocycles. The number of hydrogen-bond donors (Lipinski definition) is 1. The van der Waals surface area contributed by atoms with Crippen molar-refractivity contribution < 1.29 is 27.4 Å². The number of aromatic nitrogens is 1. The molecule has 0 aliphatic heterocycles. The molecule has 0 bridgehead atoms. The molecule has 1 N–H and O–H groups in total. The lowest BCUT2D eigenvalue weighted by Gasteiger charge is -2.19. The van der Waals surface area contributed by atoms with Crippen LogP contribution in [0.2, 0.25) is 0 Å². The maximum absolute atomic E-state index is 13.7. The number of ether oxygens (including phenoxy) is 2. The van der Waals surface area contributed by atoms with Crippen LogP contribution < -0.4 is 4.74 Å². The number of carbonyl (C=O) groups is 1. The van der Waals surface area contributed by atoms with E-state index in [4.69, 9.17) is 9.47 Å². The SMILES string of the molecule is CCOC(=O)CCc1[nH]c2ccc(OCc3ccc(C4CCCC4)c(C(F)(F)F)c3)cc2c1C. The molecule has 1 heterocycles. The number of halogens is 3. The van der Waals surface area contributed by atoms with Crippen LogP contribution in [0.4, 0.5) is 13.2 Å². The van der Waals surface area contributed by atoms with Gasteiger partial charge in [0, 0.05) is 16.6 Å². The number of aromatic amines is 1. The molecule has 1 aromatic heterocycles. The molecule has 1 fully saturated rings. The Hall–Kier alpha value is -2.96. The smallest absolute Gasteiger partial charge is 0.416 e. The minimum Gasteiger partial charge on any atom is -0.489 e. The number of esters is 1. The van der Waals surface area contributed by atoms with E-state index >= 15 is 0 Å². The van der Waals surface area contributed by atoms with Crippen LogP contribution >= 0.6 is 0 Å². The van der Waals surface area contributed by atoms with Crippen molar-refractivity contribution in [2.24, 2.45) is 0 Å². The molecule has 2 aromatic carbocycles. The van der Waals surface area contributed by atoms with Crippen LogP contribution in [-0.2, 0) is 28.7 Å². The maximum atomic E-state index is 13.7. The monoisotopic (exact) mass is 473 g/mol. The normalized spacial score (nSPS) is 14.6. The Morgan fingerprint density at radius 3 is 2.59 bits per heavy atom. The van der Waals surface area contributed by atoms with Gasteiger partial charge in [-0.15, -0.1) is 0 Å². The highest BCUT2D eigenvalue weighted by atomic mass is 19.4. The third kappa shape index (κ3) is 5.40. The third-order valence-electron chi connectivity index (χ3n) is 6.64. The first-order valence-corrected chi connectivity index (χ1v) is 11.9. The van der Waals surface area contributed by atoms with Crippen LogP contribution in [0, 0.1) is 6.92 Å². The molecule has 34 heavy (non-hydrogen) atoms. The number of nitrogens with one attached hydrogen (secondary N) is 1. The average Bonchev–Trinajstić information content (AvgIpc) is 3.44. The van der Waals surface area contributed by atoms with E-state index in [9.17, 15) is 18.0 Å². The van der Waals surface area contributed by atoms with E-state index in [1.165, 1.54) is 6.07 Å². The maximum Gasteiger partial charge on any atom is 0.416 e. The van der Waals surface area contributed by atoms with Gasteiger partial charge in [0.1, 0.15) is 12.4 Å². The third-order valence-corrected chi connectivity index (χ3v) is 6.64. The van der Waals surface area contributed by atoms with Crippen molar-refractivity contribution in [1.29, 1.82) is 0 Å². The molecule has 0 spiro atoms. The number of H-pyrrole nitrogens is 1. The summed E-state index contributed by atoms with van der Waals surface area (Å²) in [5, 5.41) is 0.962. The molecule has 3 aromatic rings. The summed E-state index contributed by atoms with van der Waals surface area (Å²) in [6, 6.07) is 10.2. The highest BCUT2D eigenvalue weighted by Crippen LogP contribution is 2.42. The summed E-state index contributed by atoms with van der Waals surface area (Å²) in [6.07, 6.45) is 0.0612. The molecule has 0 atom stereocenters. The molecule has 4 rings (SSSR count). The minimum atomic E-state index is -4.38. The summed E-state index contributed by atoms with van der Waals surface area (Å²) >= 11 is 0. The molecule has 1 aliphatic carbocycles. The van der Waals surface area contributed by atoms with Gasteiger partial charge in [0.15, 0.2) is 0 Å². The molecule has 0 radical (unpaired) electrons. The fraction of sp³-hybridized carbons (Fsp3) is 0.444. The van der Waals surface area contributed by atoms with Gasteiger partial charge >= 0.3 is 12.1 Å². The fourth-order valence-electron chi connectivity index (χ4n) is 4.86. The summed E-state index contributed by atoms with van der Waals surface area (Å²) in [5.41, 5.74) is 3.26. The average molecular weight is 474 g/mol. The van der Waals surface area contributed by atoms with Crippen molar-refractivity contribution in [3.05, 3.63) is 64.3 Å². The second-order valence-corrected chi connectivity index (χ2v) is 8.93. The molecule has 0 amide bonds. The van der Waals surface area contributed by atoms with Crippen LogP contribution in [0.5, 0.6) is 5.75 Å². The van der Waals surface area contributed by atoms with Gasteiger partial charge in [0.25, 0.3) is 0 Å². The van der Waals surface area contributed by atoms with Crippen molar-refractivity contribution in [2.75, 3.05) is 6.61 Å². The number of alkyl halides is 3. The highest BCUT2D eigenvalue weighted by Gasteiger charge is 2.36. The first kappa shape index (κ1) is 24.2. The van der Waals surface area contributed by atoms with Crippen molar-refractivity contribution in [3.8, 4) is 5.75 Å². The minimum absolute atomic E-state index is 0.0106. The van der Waals surface area contributed by atoms with Gasteiger partial charge in [-0.2, -0.15) is 13.2 Å². The van der Waals surface area contributed by atoms with Crippen molar-refractivity contribution in [2.45, 2.75) is 71.1 Å². The van der Waals surface area contributed by atoms with Crippen LogP contribution in [-0.4, -0.2) is 17.6 Å². The van der Waals surface area contributed by atoms with Crippen LogP contribution in [0.1, 0.15) is 72.9 Å². The molecule has 7 heteroatoms. The van der Waals surface area contributed by atoms with Crippen molar-refractivity contribution in [1.82, 2.24) is 4.98 Å². The second-order valence-electron chi connectivity index (χ2n) is 8.93. The molecule has 182 valence electrons. The van der Waals surface area contributed by atoms with E-state index in [2.05, 4.69) is 4.98 Å². The van der Waals surface area contributed by atoms with E-state index in [0.29, 0.717) is 36.3 Å². The standard InChI is InChI=1S/C27H30F3NO3/c1-3-33-26(32)13-12-24-17(2)22-15-20(9-11-25(22)31-24)34-16-18-8-10-21(19-6-4-5-7-19)23(14-18)27(28,29)30/h8-11,14-15,19,31H,3-7,12-13,16H2,1-2H3. The van der Waals surface area contributed by atoms with Crippen molar-refractivity contribution in [3.63, 3.8) is 0 Å². The number of hydrogen-bond acceptors (Lipinski definition) is 3. The van der Waals surface area contributed by atoms with Crippen LogP contribution in [0.15, 0.2) is 36.4 Å². The number of aryl methyl sites for hydroxylation is 2. The number of rotatable bonds is 8. The Morgan fingerprint density at radius 2 is 1.88 bits per heavy atom. The predicted octanol–water partition coefficient (Wildman–Crippen LogP) is 7.23. The number of carbonyl (C=O) groups excluding carboxylic acids is 1. The Kier molecular flexibility index (Phi) is 7.19. The zero-order valence-electron chi connectivity index (χ0n) is 19.6. The van der Waals surface area contributed by atoms with E-state index in [0.717, 1.165) is 47.8 Å². The Balaban J connectivity index is 1.48. The summed E-state index contributed by atoms with van der Waals surface area (Å²) < 4.78 is 52.1. The molecule has 1 aliphatic rings.